The summed E-state index contributed by atoms with van der Waals surface area (Å²) in [5.74, 6) is -1.95. The zero-order valence-corrected chi connectivity index (χ0v) is 6.42. The van der Waals surface area contributed by atoms with E-state index in [9.17, 15) is 10.2 Å². The largest absolute Gasteiger partial charge is 0.391 e. The molecule has 6 N–H and O–H groups in total. The molecule has 0 bridgehead atoms. The Balaban J connectivity index is 2.71. The van der Waals surface area contributed by atoms with Gasteiger partial charge in [0, 0.05) is 0 Å². The molecule has 1 fully saturated rings. The van der Waals surface area contributed by atoms with E-state index in [-0.39, 0.29) is 6.61 Å². The Kier molecular flexibility index (Phi) is 2.67. The van der Waals surface area contributed by atoms with Crippen LogP contribution in [-0.2, 0) is 4.74 Å². The molecule has 1 aliphatic rings. The van der Waals surface area contributed by atoms with Gasteiger partial charge < -0.3 is 30.9 Å². The summed E-state index contributed by atoms with van der Waals surface area (Å²) in [6.07, 6.45) is -2.40. The number of rotatable bonds is 1. The van der Waals surface area contributed by atoms with Crippen LogP contribution in [0.4, 0.5) is 0 Å². The molecule has 6 nitrogen and oxygen atoms in total. The lowest BCUT2D eigenvalue weighted by atomic mass is 9.95. The lowest BCUT2D eigenvalue weighted by Gasteiger charge is -2.41. The molecule has 72 valence electrons. The van der Waals surface area contributed by atoms with Gasteiger partial charge in [0.2, 0.25) is 5.79 Å². The summed E-state index contributed by atoms with van der Waals surface area (Å²) in [7, 11) is 0. The average molecular weight is 179 g/mol. The van der Waals surface area contributed by atoms with Crippen LogP contribution < -0.4 is 5.73 Å². The fourth-order valence-corrected chi connectivity index (χ4v) is 1.08. The van der Waals surface area contributed by atoms with Crippen molar-refractivity contribution in [2.75, 3.05) is 13.2 Å². The molecule has 4 atom stereocenters. The van der Waals surface area contributed by atoms with Gasteiger partial charge >= 0.3 is 0 Å². The van der Waals surface area contributed by atoms with Gasteiger partial charge in [-0.1, -0.05) is 0 Å². The van der Waals surface area contributed by atoms with Gasteiger partial charge in [-0.2, -0.15) is 0 Å². The van der Waals surface area contributed by atoms with Crippen LogP contribution in [0.25, 0.3) is 0 Å². The van der Waals surface area contributed by atoms with E-state index in [1.165, 1.54) is 0 Å². The van der Waals surface area contributed by atoms with Gasteiger partial charge in [0.15, 0.2) is 0 Å². The highest BCUT2D eigenvalue weighted by Gasteiger charge is 2.46. The minimum atomic E-state index is -1.95. The fraction of sp³-hybridized carbons (Fsp3) is 1.00. The molecule has 0 aromatic heterocycles. The Morgan fingerprint density at radius 2 is 2.08 bits per heavy atom. The van der Waals surface area contributed by atoms with E-state index in [0.29, 0.717) is 0 Å². The van der Waals surface area contributed by atoms with Gasteiger partial charge in [0.1, 0.15) is 12.2 Å². The molecule has 0 amide bonds. The first-order chi connectivity index (χ1) is 5.51. The lowest BCUT2D eigenvalue weighted by molar-refractivity contribution is -0.292. The van der Waals surface area contributed by atoms with Crippen molar-refractivity contribution < 1.29 is 25.2 Å². The van der Waals surface area contributed by atoms with Crippen molar-refractivity contribution in [3.63, 3.8) is 0 Å². The van der Waals surface area contributed by atoms with Crippen molar-refractivity contribution in [1.29, 1.82) is 0 Å². The SMILES string of the molecule is N[C@@H]1[C@@H](O)[C@@H](O)COC1(O)CO. The third-order valence-electron chi connectivity index (χ3n) is 2.01. The standard InChI is InChI=1S/C6H13NO5/c7-5-4(10)3(9)1-12-6(5,11)2-8/h3-5,8-11H,1-2,7H2/t3-,4-,5+,6?/m0/s1. The molecule has 1 saturated heterocycles. The van der Waals surface area contributed by atoms with Crippen LogP contribution in [-0.4, -0.2) is 57.7 Å². The smallest absolute Gasteiger partial charge is 0.207 e. The molecule has 0 aromatic carbocycles. The lowest BCUT2D eigenvalue weighted by Crippen LogP contribution is -2.66. The summed E-state index contributed by atoms with van der Waals surface area (Å²) in [5.41, 5.74) is 5.31. The van der Waals surface area contributed by atoms with Crippen LogP contribution >= 0.6 is 0 Å². The molecule has 1 unspecified atom stereocenters. The normalized spacial score (nSPS) is 49.2. The summed E-state index contributed by atoms with van der Waals surface area (Å²) in [6.45, 7) is -0.954. The van der Waals surface area contributed by atoms with Crippen molar-refractivity contribution in [1.82, 2.24) is 0 Å². The molecule has 6 heteroatoms. The second-order valence-electron chi connectivity index (χ2n) is 2.90. The van der Waals surface area contributed by atoms with Crippen LogP contribution in [0.15, 0.2) is 0 Å². The molecule has 0 radical (unpaired) electrons. The second kappa shape index (κ2) is 3.25. The van der Waals surface area contributed by atoms with Gasteiger partial charge in [0.25, 0.3) is 0 Å². The molecular weight excluding hydrogens is 166 g/mol. The molecule has 1 heterocycles. The number of nitrogens with two attached hydrogens (primary N) is 1. The minimum Gasteiger partial charge on any atom is -0.391 e. The third-order valence-corrected chi connectivity index (χ3v) is 2.01. The highest BCUT2D eigenvalue weighted by Crippen LogP contribution is 2.21. The Labute approximate surface area is 69.2 Å². The van der Waals surface area contributed by atoms with Crippen molar-refractivity contribution in [3.8, 4) is 0 Å². The minimum absolute atomic E-state index is 0.244. The highest BCUT2D eigenvalue weighted by atomic mass is 16.6. The van der Waals surface area contributed by atoms with E-state index < -0.39 is 30.6 Å². The van der Waals surface area contributed by atoms with E-state index in [1.54, 1.807) is 0 Å². The Hall–Kier alpha value is -0.240. The first-order valence-corrected chi connectivity index (χ1v) is 3.60. The summed E-state index contributed by atoms with van der Waals surface area (Å²) in [4.78, 5) is 0. The highest BCUT2D eigenvalue weighted by molar-refractivity contribution is 4.94. The molecule has 0 aliphatic carbocycles. The molecule has 0 aromatic rings. The molecule has 0 saturated carbocycles. The number of ether oxygens (including phenoxy) is 1. The van der Waals surface area contributed by atoms with E-state index in [4.69, 9.17) is 15.9 Å². The average Bonchev–Trinajstić information content (AvgIpc) is 2.09. The predicted molar refractivity (Wildman–Crippen MR) is 38.0 cm³/mol. The Bertz CT molecular complexity index is 166. The van der Waals surface area contributed by atoms with Crippen molar-refractivity contribution in [3.05, 3.63) is 0 Å². The Morgan fingerprint density at radius 3 is 2.58 bits per heavy atom. The number of hydrogen-bond acceptors (Lipinski definition) is 6. The summed E-state index contributed by atoms with van der Waals surface area (Å²) in [5, 5.41) is 36.3. The molecular formula is C6H13NO5. The fourth-order valence-electron chi connectivity index (χ4n) is 1.08. The molecule has 1 aliphatic heterocycles. The van der Waals surface area contributed by atoms with Gasteiger partial charge in [0.05, 0.1) is 19.3 Å². The van der Waals surface area contributed by atoms with Crippen molar-refractivity contribution >= 4 is 0 Å². The van der Waals surface area contributed by atoms with E-state index in [1.807, 2.05) is 0 Å². The summed E-state index contributed by atoms with van der Waals surface area (Å²) >= 11 is 0. The van der Waals surface area contributed by atoms with Crippen LogP contribution in [0.1, 0.15) is 0 Å². The van der Waals surface area contributed by atoms with Crippen LogP contribution in [0.3, 0.4) is 0 Å². The van der Waals surface area contributed by atoms with Crippen LogP contribution in [0.5, 0.6) is 0 Å². The van der Waals surface area contributed by atoms with Crippen LogP contribution in [0.2, 0.25) is 0 Å². The number of hydrogen-bond donors (Lipinski definition) is 5. The quantitative estimate of drug-likeness (QED) is 0.288. The van der Waals surface area contributed by atoms with Crippen LogP contribution in [0, 0.1) is 0 Å². The Morgan fingerprint density at radius 1 is 1.50 bits per heavy atom. The third kappa shape index (κ3) is 1.45. The number of aliphatic hydroxyl groups excluding tert-OH is 3. The maximum Gasteiger partial charge on any atom is 0.207 e. The first kappa shape index (κ1) is 9.85. The van der Waals surface area contributed by atoms with Gasteiger partial charge in [-0.25, -0.2) is 0 Å². The summed E-state index contributed by atoms with van der Waals surface area (Å²) in [6, 6.07) is -1.20. The zero-order chi connectivity index (χ0) is 9.35. The second-order valence-corrected chi connectivity index (χ2v) is 2.90. The first-order valence-electron chi connectivity index (χ1n) is 3.60. The predicted octanol–water partition coefficient (Wildman–Crippen LogP) is -3.25. The molecule has 1 rings (SSSR count). The van der Waals surface area contributed by atoms with E-state index in [2.05, 4.69) is 4.74 Å². The van der Waals surface area contributed by atoms with E-state index >= 15 is 0 Å². The maximum atomic E-state index is 9.37. The van der Waals surface area contributed by atoms with E-state index in [0.717, 1.165) is 0 Å². The molecule has 0 spiro atoms. The zero-order valence-electron chi connectivity index (χ0n) is 6.42. The van der Waals surface area contributed by atoms with Gasteiger partial charge in [-0.05, 0) is 0 Å². The summed E-state index contributed by atoms with van der Waals surface area (Å²) < 4.78 is 4.68. The monoisotopic (exact) mass is 179 g/mol. The topological polar surface area (TPSA) is 116 Å². The van der Waals surface area contributed by atoms with Crippen molar-refractivity contribution in [2.24, 2.45) is 5.73 Å². The maximum absolute atomic E-state index is 9.37. The molecule has 12 heavy (non-hydrogen) atoms. The van der Waals surface area contributed by atoms with Gasteiger partial charge in [-0.3, -0.25) is 0 Å². The number of aliphatic hydroxyl groups is 4. The van der Waals surface area contributed by atoms with Crippen molar-refractivity contribution in [2.45, 2.75) is 24.0 Å². The van der Waals surface area contributed by atoms with Gasteiger partial charge in [-0.15, -0.1) is 0 Å².